The molecular weight excluding hydrogens is 184 g/mol. The Bertz CT molecular complexity index is 228. The van der Waals surface area contributed by atoms with E-state index in [1.54, 1.807) is 0 Å². The Balaban J connectivity index is 1.93. The van der Waals surface area contributed by atoms with Crippen LogP contribution in [0.15, 0.2) is 0 Å². The smallest absolute Gasteiger partial charge is 0.293 e. The van der Waals surface area contributed by atoms with Crippen molar-refractivity contribution in [2.75, 3.05) is 6.61 Å². The largest absolute Gasteiger partial charge is 0.468 e. The van der Waals surface area contributed by atoms with Gasteiger partial charge in [0.15, 0.2) is 0 Å². The van der Waals surface area contributed by atoms with Crippen molar-refractivity contribution in [2.45, 2.75) is 25.4 Å². The van der Waals surface area contributed by atoms with Gasteiger partial charge in [-0.3, -0.25) is 9.59 Å². The summed E-state index contributed by atoms with van der Waals surface area (Å²) >= 11 is 0. The fourth-order valence-electron chi connectivity index (χ4n) is 3.05. The monoisotopic (exact) mass is 198 g/mol. The molecule has 0 aliphatic heterocycles. The maximum atomic E-state index is 10.2. The lowest BCUT2D eigenvalue weighted by Crippen LogP contribution is -2.22. The third-order valence-electron chi connectivity index (χ3n) is 3.63. The summed E-state index contributed by atoms with van der Waals surface area (Å²) in [6, 6.07) is 0. The van der Waals surface area contributed by atoms with Gasteiger partial charge in [-0.25, -0.2) is 0 Å². The zero-order valence-corrected chi connectivity index (χ0v) is 7.93. The summed E-state index contributed by atoms with van der Waals surface area (Å²) in [6.45, 7) is 1.51. The van der Waals surface area contributed by atoms with E-state index in [1.165, 1.54) is 6.42 Å². The Morgan fingerprint density at radius 2 is 2.07 bits per heavy atom. The summed E-state index contributed by atoms with van der Waals surface area (Å²) in [4.78, 5) is 20.3. The quantitative estimate of drug-likeness (QED) is 0.611. The number of carbonyl (C=O) groups excluding carboxylic acids is 2. The molecular formula is C10H14O4. The second-order valence-corrected chi connectivity index (χ2v) is 4.10. The number of ether oxygens (including phenoxy) is 2. The van der Waals surface area contributed by atoms with E-state index >= 15 is 0 Å². The van der Waals surface area contributed by atoms with Crippen LogP contribution in [0.3, 0.4) is 0 Å². The highest BCUT2D eigenvalue weighted by Crippen LogP contribution is 2.50. The molecule has 2 rings (SSSR count). The second-order valence-electron chi connectivity index (χ2n) is 4.10. The Hall–Kier alpha value is -1.06. The van der Waals surface area contributed by atoms with Gasteiger partial charge < -0.3 is 9.47 Å². The molecule has 4 atom stereocenters. The first kappa shape index (κ1) is 9.49. The van der Waals surface area contributed by atoms with Crippen LogP contribution in [0.2, 0.25) is 0 Å². The molecule has 4 heteroatoms. The van der Waals surface area contributed by atoms with E-state index in [4.69, 9.17) is 9.47 Å². The van der Waals surface area contributed by atoms with Gasteiger partial charge in [0.25, 0.3) is 12.9 Å². The van der Waals surface area contributed by atoms with Crippen molar-refractivity contribution >= 4 is 12.9 Å². The minimum atomic E-state index is 0.0616. The zero-order chi connectivity index (χ0) is 9.97. The molecule has 0 aromatic carbocycles. The molecule has 78 valence electrons. The van der Waals surface area contributed by atoms with E-state index in [0.717, 1.165) is 12.8 Å². The molecule has 0 heterocycles. The average molecular weight is 198 g/mol. The topological polar surface area (TPSA) is 52.6 Å². The van der Waals surface area contributed by atoms with Crippen molar-refractivity contribution < 1.29 is 19.1 Å². The van der Waals surface area contributed by atoms with E-state index in [-0.39, 0.29) is 6.10 Å². The van der Waals surface area contributed by atoms with Gasteiger partial charge in [-0.15, -0.1) is 0 Å². The molecule has 0 radical (unpaired) electrons. The van der Waals surface area contributed by atoms with Crippen molar-refractivity contribution in [3.8, 4) is 0 Å². The molecule has 14 heavy (non-hydrogen) atoms. The highest BCUT2D eigenvalue weighted by molar-refractivity contribution is 5.38. The first-order valence-corrected chi connectivity index (χ1v) is 5.01. The van der Waals surface area contributed by atoms with E-state index < -0.39 is 0 Å². The van der Waals surface area contributed by atoms with Crippen molar-refractivity contribution in [1.82, 2.24) is 0 Å². The molecule has 4 nitrogen and oxygen atoms in total. The van der Waals surface area contributed by atoms with Gasteiger partial charge in [-0.2, -0.15) is 0 Å². The van der Waals surface area contributed by atoms with Gasteiger partial charge in [-0.05, 0) is 25.2 Å². The minimum absolute atomic E-state index is 0.0616. The molecule has 0 spiro atoms. The molecule has 0 saturated heterocycles. The van der Waals surface area contributed by atoms with Crippen LogP contribution in [0.5, 0.6) is 0 Å². The summed E-state index contributed by atoms with van der Waals surface area (Å²) in [6.07, 6.45) is 3.27. The second kappa shape index (κ2) is 3.98. The SMILES string of the molecule is O=COC[C@H]1C2CCC1[C@H](OC=O)C2. The molecule has 0 N–H and O–H groups in total. The number of carbonyl (C=O) groups is 2. The fraction of sp³-hybridized carbons (Fsp3) is 0.800. The standard InChI is InChI=1S/C10H14O4/c11-5-13-4-9-7-1-2-8(9)10(3-7)14-6-12/h5-10H,1-4H2/t7?,8?,9-,10+/m0/s1. The summed E-state index contributed by atoms with van der Waals surface area (Å²) in [7, 11) is 0. The molecule has 0 aromatic heterocycles. The molecule has 2 saturated carbocycles. The zero-order valence-electron chi connectivity index (χ0n) is 7.93. The Labute approximate surface area is 82.6 Å². The van der Waals surface area contributed by atoms with Gasteiger partial charge in [0, 0.05) is 11.8 Å². The maximum Gasteiger partial charge on any atom is 0.293 e. The predicted octanol–water partition coefficient (Wildman–Crippen LogP) is 0.747. The normalized spacial score (nSPS) is 39.4. The maximum absolute atomic E-state index is 10.2. The minimum Gasteiger partial charge on any atom is -0.468 e. The van der Waals surface area contributed by atoms with Gasteiger partial charge in [0.2, 0.25) is 0 Å². The number of fused-ring (bicyclic) bond motifs is 2. The van der Waals surface area contributed by atoms with E-state index in [0.29, 0.717) is 37.3 Å². The van der Waals surface area contributed by atoms with Crippen LogP contribution in [0.1, 0.15) is 19.3 Å². The fourth-order valence-corrected chi connectivity index (χ4v) is 3.05. The van der Waals surface area contributed by atoms with Gasteiger partial charge in [0.05, 0.1) is 6.61 Å². The first-order valence-electron chi connectivity index (χ1n) is 5.01. The number of hydrogen-bond acceptors (Lipinski definition) is 4. The van der Waals surface area contributed by atoms with Crippen molar-refractivity contribution in [2.24, 2.45) is 17.8 Å². The van der Waals surface area contributed by atoms with E-state index in [9.17, 15) is 9.59 Å². The summed E-state index contributed by atoms with van der Waals surface area (Å²) in [5, 5.41) is 0. The van der Waals surface area contributed by atoms with Gasteiger partial charge in [-0.1, -0.05) is 0 Å². The van der Waals surface area contributed by atoms with Crippen LogP contribution in [-0.2, 0) is 19.1 Å². The number of hydrogen-bond donors (Lipinski definition) is 0. The molecule has 2 bridgehead atoms. The third-order valence-corrected chi connectivity index (χ3v) is 3.63. The molecule has 0 aromatic rings. The van der Waals surface area contributed by atoms with Gasteiger partial charge in [0.1, 0.15) is 6.10 Å². The summed E-state index contributed by atoms with van der Waals surface area (Å²) < 4.78 is 9.82. The van der Waals surface area contributed by atoms with E-state index in [1.807, 2.05) is 0 Å². The number of rotatable bonds is 5. The van der Waals surface area contributed by atoms with Crippen LogP contribution >= 0.6 is 0 Å². The van der Waals surface area contributed by atoms with Crippen molar-refractivity contribution in [1.29, 1.82) is 0 Å². The molecule has 2 fully saturated rings. The van der Waals surface area contributed by atoms with E-state index in [2.05, 4.69) is 0 Å². The summed E-state index contributed by atoms with van der Waals surface area (Å²) in [5.41, 5.74) is 0. The molecule has 2 unspecified atom stereocenters. The lowest BCUT2D eigenvalue weighted by atomic mass is 9.97. The predicted molar refractivity (Wildman–Crippen MR) is 47.3 cm³/mol. The van der Waals surface area contributed by atoms with Crippen LogP contribution in [-0.4, -0.2) is 25.7 Å². The molecule has 2 aliphatic carbocycles. The highest BCUT2D eigenvalue weighted by atomic mass is 16.5. The van der Waals surface area contributed by atoms with Crippen LogP contribution < -0.4 is 0 Å². The Kier molecular flexibility index (Phi) is 2.70. The van der Waals surface area contributed by atoms with Crippen LogP contribution in [0.4, 0.5) is 0 Å². The van der Waals surface area contributed by atoms with Crippen molar-refractivity contribution in [3.63, 3.8) is 0 Å². The van der Waals surface area contributed by atoms with Crippen LogP contribution in [0.25, 0.3) is 0 Å². The average Bonchev–Trinajstić information content (AvgIpc) is 2.72. The molecule has 0 amide bonds. The summed E-state index contributed by atoms with van der Waals surface area (Å²) in [5.74, 6) is 1.39. The molecule has 2 aliphatic rings. The highest BCUT2D eigenvalue weighted by Gasteiger charge is 2.49. The van der Waals surface area contributed by atoms with Crippen molar-refractivity contribution in [3.05, 3.63) is 0 Å². The lowest BCUT2D eigenvalue weighted by Gasteiger charge is -2.19. The Morgan fingerprint density at radius 3 is 2.79 bits per heavy atom. The lowest BCUT2D eigenvalue weighted by molar-refractivity contribution is -0.137. The van der Waals surface area contributed by atoms with Crippen LogP contribution in [0, 0.1) is 17.8 Å². The van der Waals surface area contributed by atoms with Gasteiger partial charge >= 0.3 is 0 Å². The first-order chi connectivity index (χ1) is 6.86. The third kappa shape index (κ3) is 1.49. The Morgan fingerprint density at radius 1 is 1.21 bits per heavy atom.